The number of rotatable bonds is 3. The molecule has 0 saturated carbocycles. The van der Waals surface area contributed by atoms with Gasteiger partial charge in [-0.2, -0.15) is 0 Å². The summed E-state index contributed by atoms with van der Waals surface area (Å²) in [5.74, 6) is 0.0835. The Kier molecular flexibility index (Phi) is 3.13. The van der Waals surface area contributed by atoms with Crippen molar-refractivity contribution in [2.75, 3.05) is 14.1 Å². The van der Waals surface area contributed by atoms with E-state index in [9.17, 15) is 4.79 Å². The van der Waals surface area contributed by atoms with Crippen molar-refractivity contribution in [3.8, 4) is 5.69 Å². The lowest BCUT2D eigenvalue weighted by atomic mass is 10.1. The zero-order valence-corrected chi connectivity index (χ0v) is 9.74. The molecule has 0 fully saturated rings. The van der Waals surface area contributed by atoms with Crippen molar-refractivity contribution in [3.63, 3.8) is 0 Å². The van der Waals surface area contributed by atoms with Crippen LogP contribution in [0.2, 0.25) is 0 Å². The lowest BCUT2D eigenvalue weighted by Crippen LogP contribution is -2.23. The highest BCUT2D eigenvalue weighted by molar-refractivity contribution is 5.78. The smallest absolute Gasteiger partial charge is 0.226 e. The van der Waals surface area contributed by atoms with Gasteiger partial charge < -0.3 is 4.90 Å². The molecule has 1 aromatic heterocycles. The molecule has 2 rings (SSSR count). The largest absolute Gasteiger partial charge is 0.349 e. The van der Waals surface area contributed by atoms with Crippen molar-refractivity contribution in [2.45, 2.75) is 6.42 Å². The molecule has 1 amide bonds. The predicted molar refractivity (Wildman–Crippen MR) is 61.6 cm³/mol. The zero-order chi connectivity index (χ0) is 12.3. The maximum absolute atomic E-state index is 11.5. The van der Waals surface area contributed by atoms with Crippen LogP contribution in [0.25, 0.3) is 5.69 Å². The summed E-state index contributed by atoms with van der Waals surface area (Å²) in [6.45, 7) is 0. The van der Waals surface area contributed by atoms with Crippen molar-refractivity contribution in [3.05, 3.63) is 36.2 Å². The minimum atomic E-state index is 0.0835. The fourth-order valence-corrected chi connectivity index (χ4v) is 1.38. The van der Waals surface area contributed by atoms with Crippen LogP contribution in [0.4, 0.5) is 0 Å². The number of carbonyl (C=O) groups excluding carboxylic acids is 1. The lowest BCUT2D eigenvalue weighted by Gasteiger charge is -2.10. The highest BCUT2D eigenvalue weighted by Crippen LogP contribution is 2.08. The molecule has 2 aromatic rings. The third kappa shape index (κ3) is 2.66. The van der Waals surface area contributed by atoms with Crippen LogP contribution >= 0.6 is 0 Å². The van der Waals surface area contributed by atoms with Crippen LogP contribution in [-0.4, -0.2) is 45.1 Å². The fraction of sp³-hybridized carbons (Fsp3) is 0.273. The zero-order valence-electron chi connectivity index (χ0n) is 9.74. The summed E-state index contributed by atoms with van der Waals surface area (Å²) in [5.41, 5.74) is 1.84. The Bertz CT molecular complexity index is 489. The summed E-state index contributed by atoms with van der Waals surface area (Å²) >= 11 is 0. The maximum atomic E-state index is 11.5. The first-order valence-electron chi connectivity index (χ1n) is 5.19. The van der Waals surface area contributed by atoms with E-state index >= 15 is 0 Å². The summed E-state index contributed by atoms with van der Waals surface area (Å²) < 4.78 is 1.57. The number of nitrogens with zero attached hydrogens (tertiary/aromatic N) is 5. The second kappa shape index (κ2) is 4.73. The van der Waals surface area contributed by atoms with Gasteiger partial charge in [-0.05, 0) is 28.1 Å². The van der Waals surface area contributed by atoms with Crippen molar-refractivity contribution in [1.82, 2.24) is 25.1 Å². The Morgan fingerprint density at radius 2 is 2.00 bits per heavy atom. The number of hydrogen-bond acceptors (Lipinski definition) is 4. The molecular weight excluding hydrogens is 218 g/mol. The highest BCUT2D eigenvalue weighted by atomic mass is 16.2. The number of hydrogen-bond donors (Lipinski definition) is 0. The molecule has 0 saturated heterocycles. The molecule has 0 atom stereocenters. The van der Waals surface area contributed by atoms with Gasteiger partial charge in [0.1, 0.15) is 6.33 Å². The second-order valence-electron chi connectivity index (χ2n) is 3.89. The minimum absolute atomic E-state index is 0.0835. The van der Waals surface area contributed by atoms with Crippen molar-refractivity contribution in [1.29, 1.82) is 0 Å². The summed E-state index contributed by atoms with van der Waals surface area (Å²) in [7, 11) is 3.50. The van der Waals surface area contributed by atoms with Crippen molar-refractivity contribution < 1.29 is 4.79 Å². The number of aromatic nitrogens is 4. The van der Waals surface area contributed by atoms with Gasteiger partial charge in [-0.3, -0.25) is 4.79 Å². The third-order valence-corrected chi connectivity index (χ3v) is 2.40. The van der Waals surface area contributed by atoms with Gasteiger partial charge in [0.05, 0.1) is 12.1 Å². The van der Waals surface area contributed by atoms with E-state index < -0.39 is 0 Å². The summed E-state index contributed by atoms with van der Waals surface area (Å²) in [5, 5.41) is 10.9. The van der Waals surface area contributed by atoms with Gasteiger partial charge in [0, 0.05) is 14.1 Å². The number of tetrazole rings is 1. The van der Waals surface area contributed by atoms with E-state index in [2.05, 4.69) is 15.5 Å². The van der Waals surface area contributed by atoms with Crippen LogP contribution in [0, 0.1) is 0 Å². The number of carbonyl (C=O) groups is 1. The summed E-state index contributed by atoms with van der Waals surface area (Å²) in [6, 6.07) is 7.57. The van der Waals surface area contributed by atoms with Crippen molar-refractivity contribution in [2.24, 2.45) is 0 Å². The molecule has 0 unspecified atom stereocenters. The van der Waals surface area contributed by atoms with E-state index in [0.29, 0.717) is 6.42 Å². The van der Waals surface area contributed by atoms with Crippen LogP contribution in [0.1, 0.15) is 5.56 Å². The van der Waals surface area contributed by atoms with Gasteiger partial charge in [-0.25, -0.2) is 4.68 Å². The number of benzene rings is 1. The summed E-state index contributed by atoms with van der Waals surface area (Å²) in [6.07, 6.45) is 1.93. The van der Waals surface area contributed by atoms with E-state index in [4.69, 9.17) is 0 Å². The second-order valence-corrected chi connectivity index (χ2v) is 3.89. The van der Waals surface area contributed by atoms with E-state index in [1.807, 2.05) is 24.3 Å². The van der Waals surface area contributed by atoms with Crippen LogP contribution in [0.15, 0.2) is 30.6 Å². The normalized spacial score (nSPS) is 10.2. The number of amides is 1. The van der Waals surface area contributed by atoms with E-state index in [0.717, 1.165) is 11.3 Å². The van der Waals surface area contributed by atoms with Crippen LogP contribution in [0.5, 0.6) is 0 Å². The monoisotopic (exact) mass is 231 g/mol. The van der Waals surface area contributed by atoms with Crippen LogP contribution in [0.3, 0.4) is 0 Å². The Balaban J connectivity index is 2.11. The third-order valence-electron chi connectivity index (χ3n) is 2.40. The van der Waals surface area contributed by atoms with E-state index in [1.54, 1.807) is 23.7 Å². The Morgan fingerprint density at radius 1 is 1.29 bits per heavy atom. The van der Waals surface area contributed by atoms with Crippen LogP contribution in [-0.2, 0) is 11.2 Å². The first-order chi connectivity index (χ1) is 8.16. The van der Waals surface area contributed by atoms with Gasteiger partial charge in [-0.15, -0.1) is 5.10 Å². The first-order valence-corrected chi connectivity index (χ1v) is 5.19. The molecule has 1 heterocycles. The summed E-state index contributed by atoms with van der Waals surface area (Å²) in [4.78, 5) is 13.1. The molecule has 0 spiro atoms. The predicted octanol–water partition coefficient (Wildman–Crippen LogP) is 0.293. The van der Waals surface area contributed by atoms with Gasteiger partial charge in [0.2, 0.25) is 5.91 Å². The molecule has 0 aliphatic rings. The lowest BCUT2D eigenvalue weighted by molar-refractivity contribution is -0.127. The SMILES string of the molecule is CN(C)C(=O)Cc1ccc(-n2cnnn2)cc1. The molecule has 6 heteroatoms. The first kappa shape index (κ1) is 11.3. The van der Waals surface area contributed by atoms with Gasteiger partial charge in [0.25, 0.3) is 0 Å². The molecule has 0 aliphatic heterocycles. The fourth-order valence-electron chi connectivity index (χ4n) is 1.38. The van der Waals surface area contributed by atoms with Gasteiger partial charge in [0.15, 0.2) is 0 Å². The van der Waals surface area contributed by atoms with Gasteiger partial charge in [-0.1, -0.05) is 12.1 Å². The van der Waals surface area contributed by atoms with Crippen molar-refractivity contribution >= 4 is 5.91 Å². The maximum Gasteiger partial charge on any atom is 0.226 e. The molecule has 0 bridgehead atoms. The molecule has 1 aromatic carbocycles. The Hall–Kier alpha value is -2.24. The molecule has 0 N–H and O–H groups in total. The number of likely N-dealkylation sites (N-methyl/N-ethyl adjacent to an activating group) is 1. The standard InChI is InChI=1S/C11H13N5O/c1-15(2)11(17)7-9-3-5-10(6-4-9)16-8-12-13-14-16/h3-6,8H,7H2,1-2H3. The van der Waals surface area contributed by atoms with E-state index in [-0.39, 0.29) is 5.91 Å². The quantitative estimate of drug-likeness (QED) is 0.761. The average molecular weight is 231 g/mol. The molecule has 0 aliphatic carbocycles. The van der Waals surface area contributed by atoms with E-state index in [1.165, 1.54) is 6.33 Å². The highest BCUT2D eigenvalue weighted by Gasteiger charge is 2.05. The topological polar surface area (TPSA) is 63.9 Å². The molecule has 88 valence electrons. The minimum Gasteiger partial charge on any atom is -0.349 e. The Labute approximate surface area is 98.9 Å². The van der Waals surface area contributed by atoms with Crippen LogP contribution < -0.4 is 0 Å². The average Bonchev–Trinajstić information content (AvgIpc) is 2.83. The molecular formula is C11H13N5O. The molecule has 17 heavy (non-hydrogen) atoms. The molecule has 0 radical (unpaired) electrons. The molecule has 6 nitrogen and oxygen atoms in total. The van der Waals surface area contributed by atoms with Gasteiger partial charge >= 0.3 is 0 Å². The Morgan fingerprint density at radius 3 is 2.53 bits per heavy atom.